The van der Waals surface area contributed by atoms with Gasteiger partial charge in [0, 0.05) is 0 Å². The first-order valence-corrected chi connectivity index (χ1v) is 22.3. The van der Waals surface area contributed by atoms with Gasteiger partial charge in [-0.25, -0.2) is 0 Å². The first-order chi connectivity index (χ1) is 2.56. The van der Waals surface area contributed by atoms with Crippen LogP contribution in [0.2, 0.25) is 5.25 Å². The van der Waals surface area contributed by atoms with E-state index in [2.05, 4.69) is 67.6 Å². The number of hydrogen-bond acceptors (Lipinski definition) is 0. The molecule has 0 fully saturated rings. The van der Waals surface area contributed by atoms with E-state index >= 15 is 0 Å². The molecule has 6 heavy (non-hydrogen) atoms. The summed E-state index contributed by atoms with van der Waals surface area (Å²) in [5.74, 6) is 0. The van der Waals surface area contributed by atoms with Gasteiger partial charge in [-0.2, -0.15) is 0 Å². The van der Waals surface area contributed by atoms with Crippen LogP contribution in [0.5, 0.6) is 0 Å². The summed E-state index contributed by atoms with van der Waals surface area (Å²) in [5, 5.41) is 1.42. The van der Waals surface area contributed by atoms with Crippen molar-refractivity contribution in [2.75, 3.05) is 0 Å². The molecule has 0 aromatic rings. The first-order valence-electron chi connectivity index (χ1n) is 1.63. The van der Waals surface area contributed by atoms with Crippen molar-refractivity contribution in [3.63, 3.8) is 0 Å². The Hall–Kier alpha value is 2.73. The molecule has 0 aromatic heterocycles. The normalized spacial score (nSPS) is 12.0. The molecule has 0 spiro atoms. The molecule has 0 radical (unpaired) electrons. The molecule has 0 aliphatic rings. The fourth-order valence-electron chi connectivity index (χ4n) is 0. The van der Waals surface area contributed by atoms with Crippen LogP contribution in [0, 0.1) is 0 Å². The standard InChI is InChI=1S/C2H5GeI3/c1-2-3(4,5)6/h2H2,1H3. The van der Waals surface area contributed by atoms with Gasteiger partial charge < -0.3 is 0 Å². The van der Waals surface area contributed by atoms with E-state index in [1.807, 2.05) is 0 Å². The van der Waals surface area contributed by atoms with E-state index in [9.17, 15) is 0 Å². The van der Waals surface area contributed by atoms with E-state index in [1.54, 1.807) is 0 Å². The van der Waals surface area contributed by atoms with E-state index in [0.29, 0.717) is 0 Å². The molecule has 0 N–H and O–H groups in total. The Kier molecular flexibility index (Phi) is 5.39. The van der Waals surface area contributed by atoms with Crippen molar-refractivity contribution in [3.8, 4) is 0 Å². The molecule has 38 valence electrons. The van der Waals surface area contributed by atoms with Gasteiger partial charge in [-0.15, -0.1) is 0 Å². The summed E-state index contributed by atoms with van der Waals surface area (Å²) in [5.41, 5.74) is 0. The van der Waals surface area contributed by atoms with Crippen molar-refractivity contribution in [3.05, 3.63) is 0 Å². The van der Waals surface area contributed by atoms with E-state index in [-0.39, 0.29) is 0 Å². The molecule has 0 unspecified atom stereocenters. The average Bonchev–Trinajstić information content (AvgIpc) is 1.35. The third-order valence-corrected chi connectivity index (χ3v) is 14.0. The van der Waals surface area contributed by atoms with Crippen LogP contribution in [0.15, 0.2) is 0 Å². The third-order valence-electron chi connectivity index (χ3n) is 0.401. The van der Waals surface area contributed by atoms with Crippen LogP contribution >= 0.6 is 60.6 Å². The molecule has 0 saturated heterocycles. The van der Waals surface area contributed by atoms with Crippen molar-refractivity contribution in [2.45, 2.75) is 12.2 Å². The van der Waals surface area contributed by atoms with Gasteiger partial charge in [0.15, 0.2) is 0 Å². The van der Waals surface area contributed by atoms with Crippen LogP contribution in [-0.4, -0.2) is 3.34 Å². The molecule has 0 saturated carbocycles. The molecule has 0 rings (SSSR count). The minimum absolute atomic E-state index is 1.13. The number of hydrogen-bond donors (Lipinski definition) is 0. The minimum atomic E-state index is -1.13. The van der Waals surface area contributed by atoms with E-state index in [1.165, 1.54) is 5.25 Å². The fourth-order valence-corrected chi connectivity index (χ4v) is 0. The summed E-state index contributed by atoms with van der Waals surface area (Å²) >= 11 is 7.80. The van der Waals surface area contributed by atoms with Crippen LogP contribution in [-0.2, 0) is 0 Å². The molecular formula is C2H5GeI3. The average molecular weight is 482 g/mol. The van der Waals surface area contributed by atoms with Gasteiger partial charge in [0.1, 0.15) is 0 Å². The first kappa shape index (κ1) is 8.73. The van der Waals surface area contributed by atoms with Crippen LogP contribution in [0.25, 0.3) is 0 Å². The second-order valence-electron chi connectivity index (χ2n) is 0.969. The van der Waals surface area contributed by atoms with Gasteiger partial charge in [0.25, 0.3) is 0 Å². The number of rotatable bonds is 1. The van der Waals surface area contributed by atoms with Crippen molar-refractivity contribution < 1.29 is 0 Å². The summed E-state index contributed by atoms with van der Waals surface area (Å²) in [6.45, 7) is 2.27. The summed E-state index contributed by atoms with van der Waals surface area (Å²) in [4.78, 5) is 0. The van der Waals surface area contributed by atoms with Gasteiger partial charge in [-0.3, -0.25) is 0 Å². The third kappa shape index (κ3) is 6.73. The quantitative estimate of drug-likeness (QED) is 0.398. The molecule has 0 amide bonds. The molecule has 0 aliphatic carbocycles. The van der Waals surface area contributed by atoms with E-state index < -0.39 is 3.34 Å². The molecule has 0 heterocycles. The van der Waals surface area contributed by atoms with Crippen LogP contribution in [0.1, 0.15) is 6.92 Å². The predicted molar refractivity (Wildman–Crippen MR) is 58.3 cm³/mol. The Morgan fingerprint density at radius 3 is 1.50 bits per heavy atom. The molecule has 0 aliphatic heterocycles. The Morgan fingerprint density at radius 1 is 1.33 bits per heavy atom. The summed E-state index contributed by atoms with van der Waals surface area (Å²) < 4.78 is -1.13. The van der Waals surface area contributed by atoms with Gasteiger partial charge in [0.05, 0.1) is 0 Å². The summed E-state index contributed by atoms with van der Waals surface area (Å²) in [7, 11) is 0. The topological polar surface area (TPSA) is 0 Å². The van der Waals surface area contributed by atoms with Crippen LogP contribution < -0.4 is 0 Å². The van der Waals surface area contributed by atoms with Gasteiger partial charge in [0.2, 0.25) is 0 Å². The summed E-state index contributed by atoms with van der Waals surface area (Å²) in [6.07, 6.45) is 0. The molecule has 0 aromatic carbocycles. The second-order valence-corrected chi connectivity index (χ2v) is 65.9. The predicted octanol–water partition coefficient (Wildman–Crippen LogP) is 3.25. The maximum absolute atomic E-state index is 2.60. The molecule has 4 heteroatoms. The molecule has 0 bridgehead atoms. The Balaban J connectivity index is 3.17. The van der Waals surface area contributed by atoms with Crippen molar-refractivity contribution >= 4 is 64.0 Å². The zero-order valence-electron chi connectivity index (χ0n) is 3.34. The molecule has 0 atom stereocenters. The maximum atomic E-state index is 2.60. The Labute approximate surface area is 74.4 Å². The SMILES string of the molecule is C[CH2][Ge]([I])([I])[I]. The zero-order valence-corrected chi connectivity index (χ0v) is 11.9. The second kappa shape index (κ2) is 3.70. The fraction of sp³-hybridized carbons (Fsp3) is 1.00. The van der Waals surface area contributed by atoms with Crippen LogP contribution in [0.3, 0.4) is 0 Å². The number of halogens is 3. The molecular weight excluding hydrogens is 477 g/mol. The van der Waals surface area contributed by atoms with Crippen molar-refractivity contribution in [2.24, 2.45) is 0 Å². The van der Waals surface area contributed by atoms with Crippen LogP contribution in [0.4, 0.5) is 0 Å². The Bertz CT molecular complexity index is 38.5. The van der Waals surface area contributed by atoms with Gasteiger partial charge in [-0.1, -0.05) is 0 Å². The summed E-state index contributed by atoms with van der Waals surface area (Å²) in [6, 6.07) is 0. The Morgan fingerprint density at radius 2 is 1.50 bits per heavy atom. The molecule has 0 nitrogen and oxygen atoms in total. The van der Waals surface area contributed by atoms with Crippen molar-refractivity contribution in [1.82, 2.24) is 0 Å². The van der Waals surface area contributed by atoms with E-state index in [4.69, 9.17) is 0 Å². The zero-order chi connectivity index (χ0) is 5.21. The van der Waals surface area contributed by atoms with Gasteiger partial charge >= 0.3 is 76.2 Å². The van der Waals surface area contributed by atoms with Crippen molar-refractivity contribution in [1.29, 1.82) is 0 Å². The van der Waals surface area contributed by atoms with Gasteiger partial charge in [-0.05, 0) is 0 Å². The van der Waals surface area contributed by atoms with E-state index in [0.717, 1.165) is 0 Å². The monoisotopic (exact) mass is 484 g/mol.